The van der Waals surface area contributed by atoms with Crippen LogP contribution in [-0.4, -0.2) is 54.4 Å². The van der Waals surface area contributed by atoms with Gasteiger partial charge in [-0.25, -0.2) is 4.39 Å². The molecule has 2 aromatic carbocycles. The first-order valence-electron chi connectivity index (χ1n) is 9.74. The number of carbonyl (C=O) groups excluding carboxylic acids is 2. The summed E-state index contributed by atoms with van der Waals surface area (Å²) >= 11 is 0. The Morgan fingerprint density at radius 1 is 1.00 bits per heavy atom. The Kier molecular flexibility index (Phi) is 5.46. The number of hydrogen-bond donors (Lipinski definition) is 2. The number of nitrogens with one attached hydrogen (secondary N) is 2. The van der Waals surface area contributed by atoms with Crippen LogP contribution in [0.15, 0.2) is 54.7 Å². The molecular weight excluding hydrogens is 371 g/mol. The number of H-pyrrole nitrogens is 1. The van der Waals surface area contributed by atoms with E-state index in [9.17, 15) is 14.0 Å². The number of rotatable bonds is 4. The minimum absolute atomic E-state index is 0.271. The number of benzene rings is 2. The SMILES string of the molecule is O=C(NCCc1c[nH]c2ccccc12)C(=O)N1CCN(c2ccc(F)cc2)CC1. The summed E-state index contributed by atoms with van der Waals surface area (Å²) in [5.74, 6) is -1.34. The van der Waals surface area contributed by atoms with Gasteiger partial charge in [0.1, 0.15) is 5.82 Å². The van der Waals surface area contributed by atoms with Crippen molar-refractivity contribution in [1.29, 1.82) is 0 Å². The minimum Gasteiger partial charge on any atom is -0.368 e. The van der Waals surface area contributed by atoms with Crippen LogP contribution in [0.2, 0.25) is 0 Å². The van der Waals surface area contributed by atoms with E-state index in [0.717, 1.165) is 22.2 Å². The number of halogens is 1. The van der Waals surface area contributed by atoms with Crippen LogP contribution in [0.5, 0.6) is 0 Å². The van der Waals surface area contributed by atoms with Crippen LogP contribution < -0.4 is 10.2 Å². The molecule has 0 unspecified atom stereocenters. The highest BCUT2D eigenvalue weighted by Gasteiger charge is 2.25. The zero-order valence-electron chi connectivity index (χ0n) is 16.0. The summed E-state index contributed by atoms with van der Waals surface area (Å²) in [6.07, 6.45) is 2.59. The lowest BCUT2D eigenvalue weighted by Gasteiger charge is -2.35. The average Bonchev–Trinajstić information content (AvgIpc) is 3.17. The maximum atomic E-state index is 13.1. The Labute approximate surface area is 168 Å². The number of hydrogen-bond acceptors (Lipinski definition) is 3. The van der Waals surface area contributed by atoms with Gasteiger partial charge in [-0.05, 0) is 42.3 Å². The van der Waals surface area contributed by atoms with Gasteiger partial charge in [0.05, 0.1) is 0 Å². The standard InChI is InChI=1S/C22H23FN4O2/c23-17-5-7-18(8-6-17)26-11-13-27(14-12-26)22(29)21(28)24-10-9-16-15-25-20-4-2-1-3-19(16)20/h1-8,15,25H,9-14H2,(H,24,28). The molecular formula is C22H23FN4O2. The molecule has 1 fully saturated rings. The van der Waals surface area contributed by atoms with Crippen LogP contribution in [0.4, 0.5) is 10.1 Å². The number of amides is 2. The molecule has 1 aliphatic rings. The fraction of sp³-hybridized carbons (Fsp3) is 0.273. The van der Waals surface area contributed by atoms with E-state index in [4.69, 9.17) is 0 Å². The minimum atomic E-state index is -0.569. The zero-order chi connectivity index (χ0) is 20.2. The molecule has 4 rings (SSSR count). The van der Waals surface area contributed by atoms with Gasteiger partial charge in [0, 0.05) is 55.5 Å². The molecule has 0 saturated carbocycles. The van der Waals surface area contributed by atoms with E-state index >= 15 is 0 Å². The van der Waals surface area contributed by atoms with Crippen molar-refractivity contribution >= 4 is 28.4 Å². The van der Waals surface area contributed by atoms with Gasteiger partial charge in [-0.2, -0.15) is 0 Å². The van der Waals surface area contributed by atoms with E-state index in [0.29, 0.717) is 39.1 Å². The molecule has 0 radical (unpaired) electrons. The molecule has 0 atom stereocenters. The molecule has 29 heavy (non-hydrogen) atoms. The van der Waals surface area contributed by atoms with Crippen molar-refractivity contribution < 1.29 is 14.0 Å². The van der Waals surface area contributed by atoms with Crippen molar-refractivity contribution in [1.82, 2.24) is 15.2 Å². The first-order valence-corrected chi connectivity index (χ1v) is 9.74. The van der Waals surface area contributed by atoms with Crippen LogP contribution in [0.3, 0.4) is 0 Å². The number of anilines is 1. The Balaban J connectivity index is 1.25. The van der Waals surface area contributed by atoms with Gasteiger partial charge in [-0.3, -0.25) is 9.59 Å². The molecule has 0 aliphatic carbocycles. The van der Waals surface area contributed by atoms with Crippen molar-refractivity contribution in [2.75, 3.05) is 37.6 Å². The number of nitrogens with zero attached hydrogens (tertiary/aromatic N) is 2. The number of carbonyl (C=O) groups is 2. The highest BCUT2D eigenvalue weighted by atomic mass is 19.1. The van der Waals surface area contributed by atoms with Crippen LogP contribution in [-0.2, 0) is 16.0 Å². The second kappa shape index (κ2) is 8.34. The van der Waals surface area contributed by atoms with Crippen molar-refractivity contribution in [3.8, 4) is 0 Å². The number of piperazine rings is 1. The van der Waals surface area contributed by atoms with Gasteiger partial charge in [0.25, 0.3) is 0 Å². The Hall–Kier alpha value is -3.35. The van der Waals surface area contributed by atoms with Crippen LogP contribution >= 0.6 is 0 Å². The molecule has 150 valence electrons. The maximum Gasteiger partial charge on any atom is 0.312 e. The Bertz CT molecular complexity index is 1010. The van der Waals surface area contributed by atoms with Crippen molar-refractivity contribution in [3.63, 3.8) is 0 Å². The fourth-order valence-electron chi connectivity index (χ4n) is 3.69. The van der Waals surface area contributed by atoms with E-state index in [1.165, 1.54) is 12.1 Å². The summed E-state index contributed by atoms with van der Waals surface area (Å²) in [6.45, 7) is 2.56. The van der Waals surface area contributed by atoms with Gasteiger partial charge in [-0.15, -0.1) is 0 Å². The predicted octanol–water partition coefficient (Wildman–Crippen LogP) is 2.31. The average molecular weight is 394 g/mol. The maximum absolute atomic E-state index is 13.1. The Morgan fingerprint density at radius 2 is 1.72 bits per heavy atom. The van der Waals surface area contributed by atoms with E-state index in [2.05, 4.69) is 15.2 Å². The van der Waals surface area contributed by atoms with E-state index in [1.54, 1.807) is 17.0 Å². The molecule has 0 spiro atoms. The summed E-state index contributed by atoms with van der Waals surface area (Å²) in [4.78, 5) is 31.5. The largest absolute Gasteiger partial charge is 0.368 e. The molecule has 1 aromatic heterocycles. The summed E-state index contributed by atoms with van der Waals surface area (Å²) in [5.41, 5.74) is 3.09. The molecule has 2 heterocycles. The van der Waals surface area contributed by atoms with Crippen LogP contribution in [0, 0.1) is 5.82 Å². The zero-order valence-corrected chi connectivity index (χ0v) is 16.0. The number of aromatic amines is 1. The first-order chi connectivity index (χ1) is 14.1. The summed E-state index contributed by atoms with van der Waals surface area (Å²) in [6, 6.07) is 14.3. The number of aromatic nitrogens is 1. The van der Waals surface area contributed by atoms with Crippen LogP contribution in [0.25, 0.3) is 10.9 Å². The monoisotopic (exact) mass is 394 g/mol. The predicted molar refractivity (Wildman–Crippen MR) is 110 cm³/mol. The molecule has 7 heteroatoms. The second-order valence-electron chi connectivity index (χ2n) is 7.12. The summed E-state index contributed by atoms with van der Waals surface area (Å²) in [7, 11) is 0. The quantitative estimate of drug-likeness (QED) is 0.668. The molecule has 0 bridgehead atoms. The summed E-state index contributed by atoms with van der Waals surface area (Å²) in [5, 5.41) is 3.86. The van der Waals surface area contributed by atoms with E-state index < -0.39 is 11.8 Å². The van der Waals surface area contributed by atoms with E-state index in [-0.39, 0.29) is 5.82 Å². The highest BCUT2D eigenvalue weighted by Crippen LogP contribution is 2.18. The third-order valence-electron chi connectivity index (χ3n) is 5.31. The van der Waals surface area contributed by atoms with Gasteiger partial charge in [0.2, 0.25) is 0 Å². The molecule has 1 saturated heterocycles. The number of para-hydroxylation sites is 1. The molecule has 6 nitrogen and oxygen atoms in total. The fourth-order valence-corrected chi connectivity index (χ4v) is 3.69. The van der Waals surface area contributed by atoms with Crippen molar-refractivity contribution in [2.45, 2.75) is 6.42 Å². The number of fused-ring (bicyclic) bond motifs is 1. The second-order valence-corrected chi connectivity index (χ2v) is 7.12. The molecule has 1 aliphatic heterocycles. The van der Waals surface area contributed by atoms with Crippen LogP contribution in [0.1, 0.15) is 5.56 Å². The molecule has 3 aromatic rings. The lowest BCUT2D eigenvalue weighted by atomic mass is 10.1. The lowest BCUT2D eigenvalue weighted by molar-refractivity contribution is -0.146. The normalized spacial score (nSPS) is 14.2. The molecule has 2 amide bonds. The van der Waals surface area contributed by atoms with Gasteiger partial charge < -0.3 is 20.1 Å². The third kappa shape index (κ3) is 4.23. The summed E-state index contributed by atoms with van der Waals surface area (Å²) < 4.78 is 13.1. The first kappa shape index (κ1) is 19.0. The van der Waals surface area contributed by atoms with Crippen molar-refractivity contribution in [3.05, 3.63) is 66.1 Å². The van der Waals surface area contributed by atoms with Gasteiger partial charge >= 0.3 is 11.8 Å². The van der Waals surface area contributed by atoms with Crippen molar-refractivity contribution in [2.24, 2.45) is 0 Å². The third-order valence-corrected chi connectivity index (χ3v) is 5.31. The van der Waals surface area contributed by atoms with Gasteiger partial charge in [0.15, 0.2) is 0 Å². The topological polar surface area (TPSA) is 68.4 Å². The highest BCUT2D eigenvalue weighted by molar-refractivity contribution is 6.35. The Morgan fingerprint density at radius 3 is 2.48 bits per heavy atom. The smallest absolute Gasteiger partial charge is 0.312 e. The molecule has 2 N–H and O–H groups in total. The van der Waals surface area contributed by atoms with E-state index in [1.807, 2.05) is 30.5 Å². The lowest BCUT2D eigenvalue weighted by Crippen LogP contribution is -2.52. The van der Waals surface area contributed by atoms with Gasteiger partial charge in [-0.1, -0.05) is 18.2 Å².